The van der Waals surface area contributed by atoms with Crippen molar-refractivity contribution in [2.24, 2.45) is 5.73 Å². The van der Waals surface area contributed by atoms with Crippen molar-refractivity contribution in [3.8, 4) is 0 Å². The van der Waals surface area contributed by atoms with Gasteiger partial charge < -0.3 is 5.73 Å². The summed E-state index contributed by atoms with van der Waals surface area (Å²) in [6.45, 7) is 0.636. The van der Waals surface area contributed by atoms with Crippen LogP contribution in [0.2, 0.25) is 5.02 Å². The molecule has 0 amide bonds. The quantitative estimate of drug-likeness (QED) is 0.906. The lowest BCUT2D eigenvalue weighted by Crippen LogP contribution is -2.02. The van der Waals surface area contributed by atoms with E-state index in [1.54, 1.807) is 23.1 Å². The van der Waals surface area contributed by atoms with Crippen molar-refractivity contribution in [1.29, 1.82) is 0 Å². The van der Waals surface area contributed by atoms with E-state index in [0.29, 0.717) is 6.54 Å². The van der Waals surface area contributed by atoms with Crippen LogP contribution in [0.5, 0.6) is 0 Å². The first-order chi connectivity index (χ1) is 7.79. The molecule has 84 valence electrons. The first-order valence-electron chi connectivity index (χ1n) is 4.99. The molecule has 2 N–H and O–H groups in total. The van der Waals surface area contributed by atoms with E-state index < -0.39 is 0 Å². The normalized spacial score (nSPS) is 10.6. The summed E-state index contributed by atoms with van der Waals surface area (Å²) in [4.78, 5) is 1.17. The molecule has 4 heteroatoms. The second-order valence-corrected chi connectivity index (χ2v) is 6.05. The number of thiophene rings is 1. The predicted molar refractivity (Wildman–Crippen MR) is 72.7 cm³/mol. The molecule has 0 saturated carbocycles. The number of hydrogen-bond acceptors (Lipinski definition) is 3. The Hall–Kier alpha value is -0.480. The van der Waals surface area contributed by atoms with Crippen LogP contribution in [0.4, 0.5) is 0 Å². The van der Waals surface area contributed by atoms with Crippen molar-refractivity contribution >= 4 is 34.7 Å². The number of nitrogens with two attached hydrogens (primary N) is 1. The summed E-state index contributed by atoms with van der Waals surface area (Å²) in [6, 6.07) is 10.3. The molecule has 0 unspecified atom stereocenters. The molecule has 16 heavy (non-hydrogen) atoms. The topological polar surface area (TPSA) is 26.0 Å². The molecule has 2 rings (SSSR count). The number of rotatable bonds is 4. The fourth-order valence-electron chi connectivity index (χ4n) is 1.39. The highest BCUT2D eigenvalue weighted by atomic mass is 35.5. The van der Waals surface area contributed by atoms with Crippen molar-refractivity contribution < 1.29 is 0 Å². The minimum Gasteiger partial charge on any atom is -0.330 e. The molecule has 0 saturated heterocycles. The maximum atomic E-state index is 6.18. The standard InChI is InChI=1S/C12H12ClNS2/c13-11-8-10(4-3-9(11)5-6-14)16-12-2-1-7-15-12/h1-4,7-8H,5-6,14H2. The Labute approximate surface area is 109 Å². The van der Waals surface area contributed by atoms with Crippen LogP contribution in [-0.4, -0.2) is 6.54 Å². The summed E-state index contributed by atoms with van der Waals surface area (Å²) in [7, 11) is 0. The van der Waals surface area contributed by atoms with Gasteiger partial charge in [0.2, 0.25) is 0 Å². The Kier molecular flexibility index (Phi) is 4.29. The molecule has 0 aliphatic carbocycles. The highest BCUT2D eigenvalue weighted by Gasteiger charge is 2.03. The number of hydrogen-bond donors (Lipinski definition) is 1. The van der Waals surface area contributed by atoms with Crippen LogP contribution < -0.4 is 5.73 Å². The van der Waals surface area contributed by atoms with Crippen LogP contribution in [0.25, 0.3) is 0 Å². The van der Waals surface area contributed by atoms with Gasteiger partial charge in [0.15, 0.2) is 0 Å². The summed E-state index contributed by atoms with van der Waals surface area (Å²) in [5.74, 6) is 0. The molecular weight excluding hydrogens is 258 g/mol. The van der Waals surface area contributed by atoms with Gasteiger partial charge >= 0.3 is 0 Å². The van der Waals surface area contributed by atoms with Gasteiger partial charge in [-0.05, 0) is 42.1 Å². The zero-order valence-corrected chi connectivity index (χ0v) is 11.0. The SMILES string of the molecule is NCCc1ccc(Sc2cccs2)cc1Cl. The zero-order chi connectivity index (χ0) is 11.4. The Bertz CT molecular complexity index is 454. The van der Waals surface area contributed by atoms with Crippen LogP contribution in [0.1, 0.15) is 5.56 Å². The van der Waals surface area contributed by atoms with Gasteiger partial charge in [-0.3, -0.25) is 0 Å². The molecule has 1 heterocycles. The minimum absolute atomic E-state index is 0.636. The second-order valence-electron chi connectivity index (χ2n) is 3.33. The third kappa shape index (κ3) is 3.01. The van der Waals surface area contributed by atoms with Crippen molar-refractivity contribution in [2.75, 3.05) is 6.54 Å². The fraction of sp³-hybridized carbons (Fsp3) is 0.167. The van der Waals surface area contributed by atoms with Crippen molar-refractivity contribution in [3.63, 3.8) is 0 Å². The van der Waals surface area contributed by atoms with Gasteiger partial charge in [0.25, 0.3) is 0 Å². The Morgan fingerprint density at radius 2 is 2.19 bits per heavy atom. The molecule has 0 aliphatic rings. The van der Waals surface area contributed by atoms with Gasteiger partial charge in [0.05, 0.1) is 4.21 Å². The van der Waals surface area contributed by atoms with Crippen LogP contribution in [0.15, 0.2) is 44.8 Å². The molecule has 2 aromatic rings. The lowest BCUT2D eigenvalue weighted by atomic mass is 10.1. The van der Waals surface area contributed by atoms with Crippen LogP contribution in [-0.2, 0) is 6.42 Å². The molecular formula is C12H12ClNS2. The van der Waals surface area contributed by atoms with Crippen LogP contribution in [0, 0.1) is 0 Å². The summed E-state index contributed by atoms with van der Waals surface area (Å²) in [6.07, 6.45) is 0.836. The Balaban J connectivity index is 2.15. The van der Waals surface area contributed by atoms with Gasteiger partial charge in [-0.25, -0.2) is 0 Å². The first-order valence-corrected chi connectivity index (χ1v) is 7.07. The van der Waals surface area contributed by atoms with Crippen LogP contribution >= 0.6 is 34.7 Å². The van der Waals surface area contributed by atoms with E-state index in [4.69, 9.17) is 17.3 Å². The third-order valence-electron chi connectivity index (χ3n) is 2.15. The molecule has 0 radical (unpaired) electrons. The molecule has 0 aliphatic heterocycles. The highest BCUT2D eigenvalue weighted by Crippen LogP contribution is 2.33. The molecule has 1 nitrogen and oxygen atoms in total. The molecule has 1 aromatic heterocycles. The summed E-state index contributed by atoms with van der Waals surface area (Å²) in [5.41, 5.74) is 6.64. The smallest absolute Gasteiger partial charge is 0.0646 e. The monoisotopic (exact) mass is 269 g/mol. The van der Waals surface area contributed by atoms with E-state index in [1.807, 2.05) is 6.07 Å². The zero-order valence-electron chi connectivity index (χ0n) is 8.65. The highest BCUT2D eigenvalue weighted by molar-refractivity contribution is 8.01. The average molecular weight is 270 g/mol. The van der Waals surface area contributed by atoms with Gasteiger partial charge in [-0.15, -0.1) is 11.3 Å². The molecule has 0 spiro atoms. The number of benzene rings is 1. The first kappa shape index (κ1) is 12.0. The predicted octanol–water partition coefficient (Wildman–Crippen LogP) is 4.05. The van der Waals surface area contributed by atoms with E-state index in [-0.39, 0.29) is 0 Å². The van der Waals surface area contributed by atoms with Crippen LogP contribution in [0.3, 0.4) is 0 Å². The van der Waals surface area contributed by atoms with Gasteiger partial charge in [0.1, 0.15) is 0 Å². The van der Waals surface area contributed by atoms with Gasteiger partial charge in [-0.2, -0.15) is 0 Å². The maximum absolute atomic E-state index is 6.18. The average Bonchev–Trinajstić information content (AvgIpc) is 2.75. The van der Waals surface area contributed by atoms with Crippen molar-refractivity contribution in [3.05, 3.63) is 46.3 Å². The van der Waals surface area contributed by atoms with E-state index in [1.165, 1.54) is 9.10 Å². The van der Waals surface area contributed by atoms with E-state index in [2.05, 4.69) is 29.6 Å². The third-order valence-corrected chi connectivity index (χ3v) is 4.53. The maximum Gasteiger partial charge on any atom is 0.0646 e. The lowest BCUT2D eigenvalue weighted by Gasteiger charge is -2.05. The Morgan fingerprint density at radius 3 is 2.81 bits per heavy atom. The number of halogens is 1. The minimum atomic E-state index is 0.636. The van der Waals surface area contributed by atoms with E-state index in [9.17, 15) is 0 Å². The van der Waals surface area contributed by atoms with Crippen molar-refractivity contribution in [1.82, 2.24) is 0 Å². The fourth-order valence-corrected chi connectivity index (χ4v) is 3.52. The van der Waals surface area contributed by atoms with E-state index >= 15 is 0 Å². The molecule has 0 fully saturated rings. The van der Waals surface area contributed by atoms with Gasteiger partial charge in [-0.1, -0.05) is 35.5 Å². The molecule has 1 aromatic carbocycles. The lowest BCUT2D eigenvalue weighted by molar-refractivity contribution is 0.967. The summed E-state index contributed by atoms with van der Waals surface area (Å²) < 4.78 is 1.28. The molecule has 0 bridgehead atoms. The largest absolute Gasteiger partial charge is 0.330 e. The second kappa shape index (κ2) is 5.73. The Morgan fingerprint density at radius 1 is 1.31 bits per heavy atom. The van der Waals surface area contributed by atoms with E-state index in [0.717, 1.165) is 17.0 Å². The van der Waals surface area contributed by atoms with Gasteiger partial charge in [0, 0.05) is 9.92 Å². The summed E-state index contributed by atoms with van der Waals surface area (Å²) >= 11 is 9.66. The molecule has 0 atom stereocenters. The van der Waals surface area contributed by atoms with Crippen molar-refractivity contribution in [2.45, 2.75) is 15.5 Å². The summed E-state index contributed by atoms with van der Waals surface area (Å²) in [5, 5.41) is 2.89.